The third kappa shape index (κ3) is 2.40. The van der Waals surface area contributed by atoms with E-state index in [1.165, 1.54) is 12.8 Å². The van der Waals surface area contributed by atoms with Gasteiger partial charge in [0.2, 0.25) is 0 Å². The van der Waals surface area contributed by atoms with Crippen molar-refractivity contribution in [2.45, 2.75) is 31.9 Å². The number of rotatable bonds is 5. The second-order valence-electron chi connectivity index (χ2n) is 5.71. The maximum Gasteiger partial charge on any atom is 0.0922 e. The first-order valence-corrected chi connectivity index (χ1v) is 7.80. The Morgan fingerprint density at radius 1 is 1.44 bits per heavy atom. The number of nitrogens with one attached hydrogen (secondary N) is 1. The van der Waals surface area contributed by atoms with Gasteiger partial charge in [-0.3, -0.25) is 0 Å². The van der Waals surface area contributed by atoms with E-state index >= 15 is 0 Å². The van der Waals surface area contributed by atoms with Gasteiger partial charge in [-0.05, 0) is 59.9 Å². The van der Waals surface area contributed by atoms with Crippen LogP contribution in [0.2, 0.25) is 0 Å². The number of aliphatic hydroxyl groups excluding tert-OH is 1. The molecule has 1 aromatic rings. The monoisotopic (exact) mass is 263 g/mol. The lowest BCUT2D eigenvalue weighted by molar-refractivity contribution is 0.163. The van der Waals surface area contributed by atoms with Gasteiger partial charge in [-0.2, -0.15) is 11.3 Å². The summed E-state index contributed by atoms with van der Waals surface area (Å²) in [4.78, 5) is 0. The summed E-state index contributed by atoms with van der Waals surface area (Å²) in [7, 11) is 0. The van der Waals surface area contributed by atoms with Gasteiger partial charge in [0.25, 0.3) is 0 Å². The van der Waals surface area contributed by atoms with E-state index in [1.807, 2.05) is 16.8 Å². The Balaban J connectivity index is 1.50. The standard InChI is InChI=1S/C15H21NOS/c1-10(14-7-11-2-3-12(14)6-11)16-8-15(17)13-4-5-18-9-13/h2-5,9-12,14-17H,6-8H2,1H3. The van der Waals surface area contributed by atoms with Crippen molar-refractivity contribution in [2.24, 2.45) is 17.8 Å². The van der Waals surface area contributed by atoms with Crippen LogP contribution < -0.4 is 5.32 Å². The van der Waals surface area contributed by atoms with Crippen molar-refractivity contribution < 1.29 is 5.11 Å². The normalized spacial score (nSPS) is 32.9. The van der Waals surface area contributed by atoms with E-state index in [0.717, 1.165) is 23.3 Å². The molecule has 3 rings (SSSR count). The van der Waals surface area contributed by atoms with Crippen LogP contribution in [0.15, 0.2) is 29.0 Å². The van der Waals surface area contributed by atoms with E-state index in [4.69, 9.17) is 0 Å². The van der Waals surface area contributed by atoms with E-state index in [1.54, 1.807) is 11.3 Å². The topological polar surface area (TPSA) is 32.3 Å². The highest BCUT2D eigenvalue weighted by molar-refractivity contribution is 7.07. The Kier molecular flexibility index (Phi) is 3.55. The van der Waals surface area contributed by atoms with E-state index in [0.29, 0.717) is 12.6 Å². The largest absolute Gasteiger partial charge is 0.387 e. The summed E-state index contributed by atoms with van der Waals surface area (Å²) in [6, 6.07) is 2.50. The molecular formula is C15H21NOS. The molecule has 0 saturated heterocycles. The lowest BCUT2D eigenvalue weighted by Gasteiger charge is -2.27. The van der Waals surface area contributed by atoms with Crippen LogP contribution in [0.5, 0.6) is 0 Å². The SMILES string of the molecule is CC(NCC(O)c1ccsc1)C1CC2C=CC1C2. The zero-order valence-corrected chi connectivity index (χ0v) is 11.6. The van der Waals surface area contributed by atoms with Crippen LogP contribution in [-0.2, 0) is 0 Å². The number of aliphatic hydroxyl groups is 1. The summed E-state index contributed by atoms with van der Waals surface area (Å²) < 4.78 is 0. The zero-order chi connectivity index (χ0) is 12.5. The molecule has 0 aliphatic heterocycles. The molecule has 1 saturated carbocycles. The highest BCUT2D eigenvalue weighted by atomic mass is 32.1. The molecule has 2 N–H and O–H groups in total. The van der Waals surface area contributed by atoms with Crippen molar-refractivity contribution in [3.8, 4) is 0 Å². The van der Waals surface area contributed by atoms with Gasteiger partial charge in [-0.15, -0.1) is 0 Å². The Bertz CT molecular complexity index is 414. The molecule has 98 valence electrons. The van der Waals surface area contributed by atoms with Gasteiger partial charge in [0.1, 0.15) is 0 Å². The van der Waals surface area contributed by atoms with E-state index in [2.05, 4.69) is 24.4 Å². The number of fused-ring (bicyclic) bond motifs is 2. The van der Waals surface area contributed by atoms with E-state index in [9.17, 15) is 5.11 Å². The molecule has 0 radical (unpaired) electrons. The summed E-state index contributed by atoms with van der Waals surface area (Å²) >= 11 is 1.64. The van der Waals surface area contributed by atoms with Crippen molar-refractivity contribution in [1.82, 2.24) is 5.32 Å². The summed E-state index contributed by atoms with van der Waals surface area (Å²) in [5, 5.41) is 17.6. The number of hydrogen-bond donors (Lipinski definition) is 2. The van der Waals surface area contributed by atoms with Crippen molar-refractivity contribution in [1.29, 1.82) is 0 Å². The summed E-state index contributed by atoms with van der Waals surface area (Å²) in [5.41, 5.74) is 1.03. The highest BCUT2D eigenvalue weighted by Crippen LogP contribution is 2.44. The molecule has 5 atom stereocenters. The summed E-state index contributed by atoms with van der Waals surface area (Å²) in [6.07, 6.45) is 7.08. The van der Waals surface area contributed by atoms with Crippen molar-refractivity contribution in [2.75, 3.05) is 6.54 Å². The van der Waals surface area contributed by atoms with Crippen LogP contribution >= 0.6 is 11.3 Å². The van der Waals surface area contributed by atoms with E-state index in [-0.39, 0.29) is 6.10 Å². The third-order valence-electron chi connectivity index (χ3n) is 4.53. The first kappa shape index (κ1) is 12.4. The smallest absolute Gasteiger partial charge is 0.0922 e. The van der Waals surface area contributed by atoms with Crippen LogP contribution in [0.25, 0.3) is 0 Å². The molecular weight excluding hydrogens is 242 g/mol. The third-order valence-corrected chi connectivity index (χ3v) is 5.24. The average molecular weight is 263 g/mol. The van der Waals surface area contributed by atoms with Crippen molar-refractivity contribution in [3.05, 3.63) is 34.5 Å². The molecule has 0 spiro atoms. The van der Waals surface area contributed by atoms with Gasteiger partial charge in [0.05, 0.1) is 6.10 Å². The fourth-order valence-electron chi connectivity index (χ4n) is 3.43. The maximum absolute atomic E-state index is 10.1. The number of thiophene rings is 1. The summed E-state index contributed by atoms with van der Waals surface area (Å²) in [6.45, 7) is 2.93. The lowest BCUT2D eigenvalue weighted by atomic mass is 9.87. The molecule has 2 bridgehead atoms. The Morgan fingerprint density at radius 3 is 2.94 bits per heavy atom. The van der Waals surface area contributed by atoms with Crippen LogP contribution in [0, 0.1) is 17.8 Å². The second-order valence-corrected chi connectivity index (χ2v) is 6.49. The minimum Gasteiger partial charge on any atom is -0.387 e. The Hall–Kier alpha value is -0.640. The van der Waals surface area contributed by atoms with Gasteiger partial charge in [0.15, 0.2) is 0 Å². The van der Waals surface area contributed by atoms with Crippen LogP contribution in [0.3, 0.4) is 0 Å². The van der Waals surface area contributed by atoms with Gasteiger partial charge in [-0.25, -0.2) is 0 Å². The fourth-order valence-corrected chi connectivity index (χ4v) is 4.14. The molecule has 3 heteroatoms. The van der Waals surface area contributed by atoms with E-state index < -0.39 is 0 Å². The quantitative estimate of drug-likeness (QED) is 0.801. The Morgan fingerprint density at radius 2 is 2.33 bits per heavy atom. The molecule has 1 aromatic heterocycles. The molecule has 2 nitrogen and oxygen atoms in total. The van der Waals surface area contributed by atoms with Crippen LogP contribution in [0.1, 0.15) is 31.4 Å². The predicted molar refractivity (Wildman–Crippen MR) is 75.6 cm³/mol. The maximum atomic E-state index is 10.1. The minimum atomic E-state index is -0.368. The summed E-state index contributed by atoms with van der Waals surface area (Å²) in [5.74, 6) is 2.36. The van der Waals surface area contributed by atoms with Gasteiger partial charge in [-0.1, -0.05) is 12.2 Å². The number of allylic oxidation sites excluding steroid dienone is 2. The fraction of sp³-hybridized carbons (Fsp3) is 0.600. The first-order chi connectivity index (χ1) is 8.74. The molecule has 0 amide bonds. The van der Waals surface area contributed by atoms with Gasteiger partial charge < -0.3 is 10.4 Å². The molecule has 2 aliphatic rings. The lowest BCUT2D eigenvalue weighted by Crippen LogP contribution is -2.37. The second kappa shape index (κ2) is 5.16. The molecule has 18 heavy (non-hydrogen) atoms. The zero-order valence-electron chi connectivity index (χ0n) is 10.8. The van der Waals surface area contributed by atoms with Gasteiger partial charge in [0, 0.05) is 12.6 Å². The Labute approximate surface area is 113 Å². The molecule has 0 aromatic carbocycles. The van der Waals surface area contributed by atoms with Crippen molar-refractivity contribution >= 4 is 11.3 Å². The molecule has 1 heterocycles. The van der Waals surface area contributed by atoms with Gasteiger partial charge >= 0.3 is 0 Å². The van der Waals surface area contributed by atoms with Crippen LogP contribution in [0.4, 0.5) is 0 Å². The van der Waals surface area contributed by atoms with Crippen LogP contribution in [-0.4, -0.2) is 17.7 Å². The van der Waals surface area contributed by atoms with Crippen molar-refractivity contribution in [3.63, 3.8) is 0 Å². The number of hydrogen-bond acceptors (Lipinski definition) is 3. The molecule has 1 fully saturated rings. The molecule has 5 unspecified atom stereocenters. The minimum absolute atomic E-state index is 0.368. The predicted octanol–water partition coefficient (Wildman–Crippen LogP) is 2.97. The molecule has 2 aliphatic carbocycles. The highest BCUT2D eigenvalue weighted by Gasteiger charge is 2.38. The first-order valence-electron chi connectivity index (χ1n) is 6.86. The average Bonchev–Trinajstić information content (AvgIpc) is 3.09.